The molecule has 0 radical (unpaired) electrons. The summed E-state index contributed by atoms with van der Waals surface area (Å²) >= 11 is 1.78. The van der Waals surface area contributed by atoms with Gasteiger partial charge in [-0.15, -0.1) is 11.3 Å². The fourth-order valence-electron chi connectivity index (χ4n) is 2.83. The molecule has 2 nitrogen and oxygen atoms in total. The van der Waals surface area contributed by atoms with E-state index in [9.17, 15) is 8.78 Å². The Hall–Kier alpha value is -1.30. The summed E-state index contributed by atoms with van der Waals surface area (Å²) in [5.41, 5.74) is 4.97. The Morgan fingerprint density at radius 2 is 1.95 bits per heavy atom. The Morgan fingerprint density at radius 1 is 1.14 bits per heavy atom. The average Bonchev–Trinajstić information content (AvgIpc) is 2.92. The smallest absolute Gasteiger partial charge is 0.159 e. The molecule has 1 aliphatic carbocycles. The van der Waals surface area contributed by atoms with Crippen LogP contribution in [0.15, 0.2) is 24.3 Å². The first-order valence-corrected chi connectivity index (χ1v) is 8.00. The third-order valence-corrected chi connectivity index (χ3v) is 5.33. The van der Waals surface area contributed by atoms with E-state index in [0.717, 1.165) is 24.5 Å². The van der Waals surface area contributed by atoms with Crippen molar-refractivity contribution in [3.05, 3.63) is 56.8 Å². The predicted octanol–water partition coefficient (Wildman–Crippen LogP) is 3.65. The van der Waals surface area contributed by atoms with Crippen molar-refractivity contribution in [2.24, 2.45) is 5.84 Å². The minimum atomic E-state index is -0.817. The molecule has 5 heteroatoms. The van der Waals surface area contributed by atoms with Crippen molar-refractivity contribution < 1.29 is 8.78 Å². The molecule has 1 atom stereocenters. The number of aryl methyl sites for hydroxylation is 2. The van der Waals surface area contributed by atoms with Crippen LogP contribution in [0.25, 0.3) is 0 Å². The molecule has 1 aliphatic rings. The Morgan fingerprint density at radius 3 is 2.67 bits per heavy atom. The molecular weight excluding hydrogens is 290 g/mol. The van der Waals surface area contributed by atoms with Crippen LogP contribution < -0.4 is 11.3 Å². The monoisotopic (exact) mass is 308 g/mol. The number of hydrogen-bond donors (Lipinski definition) is 2. The van der Waals surface area contributed by atoms with Crippen molar-refractivity contribution >= 4 is 11.3 Å². The van der Waals surface area contributed by atoms with Gasteiger partial charge < -0.3 is 0 Å². The van der Waals surface area contributed by atoms with E-state index in [2.05, 4.69) is 11.5 Å². The lowest BCUT2D eigenvalue weighted by Gasteiger charge is -2.14. The van der Waals surface area contributed by atoms with Gasteiger partial charge in [0.15, 0.2) is 11.6 Å². The second kappa shape index (κ2) is 6.22. The van der Waals surface area contributed by atoms with Gasteiger partial charge in [0.2, 0.25) is 0 Å². The number of fused-ring (bicyclic) bond motifs is 1. The van der Waals surface area contributed by atoms with Crippen molar-refractivity contribution in [1.82, 2.24) is 5.43 Å². The van der Waals surface area contributed by atoms with Crippen LogP contribution in [0.1, 0.15) is 39.8 Å². The highest BCUT2D eigenvalue weighted by Gasteiger charge is 2.19. The van der Waals surface area contributed by atoms with Crippen molar-refractivity contribution in [3.63, 3.8) is 0 Å². The zero-order chi connectivity index (χ0) is 14.8. The summed E-state index contributed by atoms with van der Waals surface area (Å²) < 4.78 is 26.3. The van der Waals surface area contributed by atoms with E-state index in [-0.39, 0.29) is 6.04 Å². The van der Waals surface area contributed by atoms with E-state index >= 15 is 0 Å². The Kier molecular flexibility index (Phi) is 4.33. The summed E-state index contributed by atoms with van der Waals surface area (Å²) in [5.74, 6) is 4.04. The van der Waals surface area contributed by atoms with Gasteiger partial charge >= 0.3 is 0 Å². The van der Waals surface area contributed by atoms with Crippen LogP contribution in [0.5, 0.6) is 0 Å². The summed E-state index contributed by atoms with van der Waals surface area (Å²) in [7, 11) is 0. The quantitative estimate of drug-likeness (QED) is 0.668. The molecule has 0 aliphatic heterocycles. The first-order valence-electron chi connectivity index (χ1n) is 7.19. The van der Waals surface area contributed by atoms with Crippen LogP contribution in [0, 0.1) is 11.6 Å². The molecule has 0 bridgehead atoms. The summed E-state index contributed by atoms with van der Waals surface area (Å²) in [4.78, 5) is 2.62. The summed E-state index contributed by atoms with van der Waals surface area (Å²) in [6.07, 6.45) is 5.31. The molecule has 0 fully saturated rings. The van der Waals surface area contributed by atoms with Crippen LogP contribution in [0.2, 0.25) is 0 Å². The van der Waals surface area contributed by atoms with Gasteiger partial charge in [-0.05, 0) is 61.4 Å². The molecule has 1 aromatic carbocycles. The molecule has 0 spiro atoms. The normalized spacial score (nSPS) is 15.8. The van der Waals surface area contributed by atoms with Crippen molar-refractivity contribution in [1.29, 1.82) is 0 Å². The highest BCUT2D eigenvalue weighted by Crippen LogP contribution is 2.33. The lowest BCUT2D eigenvalue weighted by atomic mass is 9.98. The van der Waals surface area contributed by atoms with Gasteiger partial charge in [-0.25, -0.2) is 8.78 Å². The summed E-state index contributed by atoms with van der Waals surface area (Å²) in [6.45, 7) is 0. The third-order valence-electron chi connectivity index (χ3n) is 3.98. The van der Waals surface area contributed by atoms with Gasteiger partial charge in [-0.2, -0.15) is 0 Å². The molecule has 1 unspecified atom stereocenters. The standard InChI is InChI=1S/C16H18F2N2S/c17-12-6-5-10(7-13(12)18)8-14(20-19)16-9-11-3-1-2-4-15(11)21-16/h5-7,9,14,20H,1-4,8,19H2. The van der Waals surface area contributed by atoms with Gasteiger partial charge in [-0.1, -0.05) is 6.07 Å². The van der Waals surface area contributed by atoms with Crippen molar-refractivity contribution in [3.8, 4) is 0 Å². The average molecular weight is 308 g/mol. The molecule has 1 heterocycles. The first kappa shape index (κ1) is 14.6. The Bertz CT molecular complexity index is 616. The number of rotatable bonds is 4. The Balaban J connectivity index is 1.81. The number of hydrogen-bond acceptors (Lipinski definition) is 3. The van der Waals surface area contributed by atoms with Crippen LogP contribution >= 0.6 is 11.3 Å². The van der Waals surface area contributed by atoms with E-state index < -0.39 is 11.6 Å². The molecule has 2 aromatic rings. The lowest BCUT2D eigenvalue weighted by Crippen LogP contribution is -2.29. The molecule has 21 heavy (non-hydrogen) atoms. The van der Waals surface area contributed by atoms with Crippen LogP contribution in [0.3, 0.4) is 0 Å². The molecule has 3 rings (SSSR count). The van der Waals surface area contributed by atoms with Gasteiger partial charge in [-0.3, -0.25) is 11.3 Å². The SMILES string of the molecule is NNC(Cc1ccc(F)c(F)c1)c1cc2c(s1)CCCC2. The topological polar surface area (TPSA) is 38.0 Å². The minimum Gasteiger partial charge on any atom is -0.271 e. The van der Waals surface area contributed by atoms with Crippen molar-refractivity contribution in [2.75, 3.05) is 0 Å². The number of hydrazine groups is 1. The molecule has 1 aromatic heterocycles. The third kappa shape index (κ3) is 3.15. The van der Waals surface area contributed by atoms with Crippen LogP contribution in [-0.4, -0.2) is 0 Å². The number of nitrogens with two attached hydrogens (primary N) is 1. The van der Waals surface area contributed by atoms with E-state index in [1.165, 1.54) is 34.2 Å². The second-order valence-electron chi connectivity index (χ2n) is 5.48. The van der Waals surface area contributed by atoms with E-state index in [1.54, 1.807) is 17.4 Å². The minimum absolute atomic E-state index is 0.0644. The predicted molar refractivity (Wildman–Crippen MR) is 81.1 cm³/mol. The van der Waals surface area contributed by atoms with E-state index in [1.807, 2.05) is 0 Å². The second-order valence-corrected chi connectivity index (χ2v) is 6.64. The number of benzene rings is 1. The van der Waals surface area contributed by atoms with Gasteiger partial charge in [0.1, 0.15) is 0 Å². The zero-order valence-corrected chi connectivity index (χ0v) is 12.5. The van der Waals surface area contributed by atoms with E-state index in [4.69, 9.17) is 5.84 Å². The molecule has 0 saturated heterocycles. The maximum absolute atomic E-state index is 13.3. The maximum atomic E-state index is 13.3. The van der Waals surface area contributed by atoms with Crippen LogP contribution in [0.4, 0.5) is 8.78 Å². The molecule has 112 valence electrons. The number of nitrogens with one attached hydrogen (secondary N) is 1. The lowest BCUT2D eigenvalue weighted by molar-refractivity contribution is 0.503. The largest absolute Gasteiger partial charge is 0.271 e. The highest BCUT2D eigenvalue weighted by molar-refractivity contribution is 7.12. The van der Waals surface area contributed by atoms with Gasteiger partial charge in [0.05, 0.1) is 6.04 Å². The maximum Gasteiger partial charge on any atom is 0.159 e. The fourth-order valence-corrected chi connectivity index (χ4v) is 4.15. The summed E-state index contributed by atoms with van der Waals surface area (Å²) in [6, 6.07) is 6.16. The Labute approximate surface area is 127 Å². The molecule has 0 saturated carbocycles. The van der Waals surface area contributed by atoms with Gasteiger partial charge in [0, 0.05) is 9.75 Å². The van der Waals surface area contributed by atoms with Crippen LogP contribution in [-0.2, 0) is 19.3 Å². The fraction of sp³-hybridized carbons (Fsp3) is 0.375. The highest BCUT2D eigenvalue weighted by atomic mass is 32.1. The van der Waals surface area contributed by atoms with Crippen molar-refractivity contribution in [2.45, 2.75) is 38.1 Å². The number of thiophene rings is 1. The molecule has 0 amide bonds. The number of halogens is 2. The zero-order valence-electron chi connectivity index (χ0n) is 11.7. The first-order chi connectivity index (χ1) is 10.2. The molecular formula is C16H18F2N2S. The van der Waals surface area contributed by atoms with E-state index in [0.29, 0.717) is 6.42 Å². The summed E-state index contributed by atoms with van der Waals surface area (Å²) in [5, 5.41) is 0. The molecule has 3 N–H and O–H groups in total. The van der Waals surface area contributed by atoms with Gasteiger partial charge in [0.25, 0.3) is 0 Å².